The molecule has 140 valence electrons. The molecule has 0 aliphatic rings. The van der Waals surface area contributed by atoms with E-state index in [1.54, 1.807) is 0 Å². The first-order valence-corrected chi connectivity index (χ1v) is 9.39. The molecule has 4 heteroatoms. The Morgan fingerprint density at radius 3 is 1.89 bits per heavy atom. The van der Waals surface area contributed by atoms with Crippen LogP contribution in [0.5, 0.6) is 0 Å². The fourth-order valence-electron chi connectivity index (χ4n) is 3.41. The lowest BCUT2D eigenvalue weighted by Gasteiger charge is -2.23. The summed E-state index contributed by atoms with van der Waals surface area (Å²) in [6.07, 6.45) is 1.22. The zero-order chi connectivity index (χ0) is 19.2. The maximum absolute atomic E-state index is 13.1. The molecule has 0 atom stereocenters. The van der Waals surface area contributed by atoms with E-state index in [0.717, 1.165) is 28.9 Å². The summed E-state index contributed by atoms with van der Waals surface area (Å²) in [6.45, 7) is 5.32. The minimum atomic E-state index is 0.172. The highest BCUT2D eigenvalue weighted by molar-refractivity contribution is 5.76. The van der Waals surface area contributed by atoms with Gasteiger partial charge in [0.2, 0.25) is 5.91 Å². The van der Waals surface area contributed by atoms with Gasteiger partial charge in [-0.1, -0.05) is 60.7 Å². The first kappa shape index (κ1) is 18.9. The van der Waals surface area contributed by atoms with Crippen LogP contribution in [-0.2, 0) is 31.4 Å². The van der Waals surface area contributed by atoms with Gasteiger partial charge < -0.3 is 4.90 Å². The number of carbonyl (C=O) groups is 1. The number of amides is 1. The highest BCUT2D eigenvalue weighted by Crippen LogP contribution is 2.17. The third kappa shape index (κ3) is 4.85. The van der Waals surface area contributed by atoms with E-state index in [2.05, 4.69) is 36.3 Å². The molecule has 0 N–H and O–H groups in total. The molecule has 0 aliphatic carbocycles. The molecular formula is C23H27N3O. The summed E-state index contributed by atoms with van der Waals surface area (Å²) in [5, 5.41) is 4.46. The van der Waals surface area contributed by atoms with Crippen LogP contribution in [-0.4, -0.2) is 20.6 Å². The Hall–Kier alpha value is -2.88. The van der Waals surface area contributed by atoms with Gasteiger partial charge in [-0.05, 0) is 37.0 Å². The average molecular weight is 361 g/mol. The van der Waals surface area contributed by atoms with Crippen molar-refractivity contribution in [3.63, 3.8) is 0 Å². The van der Waals surface area contributed by atoms with Gasteiger partial charge in [0.05, 0.1) is 5.69 Å². The normalized spacial score (nSPS) is 10.8. The van der Waals surface area contributed by atoms with E-state index < -0.39 is 0 Å². The van der Waals surface area contributed by atoms with Crippen LogP contribution in [0.3, 0.4) is 0 Å². The molecule has 0 spiro atoms. The molecule has 2 aromatic carbocycles. The molecule has 4 nitrogen and oxygen atoms in total. The SMILES string of the molecule is Cc1nn(C)c(C)c1CCC(=O)N(Cc1ccccc1)Cc1ccccc1. The summed E-state index contributed by atoms with van der Waals surface area (Å²) in [4.78, 5) is 15.0. The Bertz CT molecular complexity index is 843. The lowest BCUT2D eigenvalue weighted by atomic mass is 10.1. The van der Waals surface area contributed by atoms with Crippen LogP contribution in [0.25, 0.3) is 0 Å². The van der Waals surface area contributed by atoms with Crippen LogP contribution in [0, 0.1) is 13.8 Å². The lowest BCUT2D eigenvalue weighted by Crippen LogP contribution is -2.30. The van der Waals surface area contributed by atoms with Gasteiger partial charge >= 0.3 is 0 Å². The van der Waals surface area contributed by atoms with Crippen molar-refractivity contribution in [1.82, 2.24) is 14.7 Å². The van der Waals surface area contributed by atoms with Crippen LogP contribution in [0.2, 0.25) is 0 Å². The molecular weight excluding hydrogens is 334 g/mol. The van der Waals surface area contributed by atoms with E-state index in [1.165, 1.54) is 5.56 Å². The molecule has 1 amide bonds. The number of carbonyl (C=O) groups excluding carboxylic acids is 1. The summed E-state index contributed by atoms with van der Waals surface area (Å²) in [5.74, 6) is 0.172. The van der Waals surface area contributed by atoms with E-state index >= 15 is 0 Å². The predicted molar refractivity (Wildman–Crippen MR) is 108 cm³/mol. The second-order valence-electron chi connectivity index (χ2n) is 6.99. The van der Waals surface area contributed by atoms with Gasteiger partial charge in [-0.25, -0.2) is 0 Å². The summed E-state index contributed by atoms with van der Waals surface area (Å²) < 4.78 is 1.89. The van der Waals surface area contributed by atoms with Crippen molar-refractivity contribution in [2.24, 2.45) is 7.05 Å². The molecule has 0 saturated heterocycles. The topological polar surface area (TPSA) is 38.1 Å². The molecule has 3 aromatic rings. The zero-order valence-electron chi connectivity index (χ0n) is 16.4. The molecule has 0 saturated carbocycles. The maximum Gasteiger partial charge on any atom is 0.223 e. The van der Waals surface area contributed by atoms with E-state index in [-0.39, 0.29) is 5.91 Å². The Kier molecular flexibility index (Phi) is 6.07. The Morgan fingerprint density at radius 1 is 0.926 bits per heavy atom. The average Bonchev–Trinajstić information content (AvgIpc) is 2.92. The van der Waals surface area contributed by atoms with Gasteiger partial charge in [0.1, 0.15) is 0 Å². The van der Waals surface area contributed by atoms with Gasteiger partial charge in [-0.2, -0.15) is 5.10 Å². The molecule has 1 aromatic heterocycles. The predicted octanol–water partition coefficient (Wildman–Crippen LogP) is 4.20. The third-order valence-corrected chi connectivity index (χ3v) is 5.03. The smallest absolute Gasteiger partial charge is 0.223 e. The number of benzene rings is 2. The summed E-state index contributed by atoms with van der Waals surface area (Å²) in [5.41, 5.74) is 5.63. The molecule has 0 aliphatic heterocycles. The summed E-state index contributed by atoms with van der Waals surface area (Å²) in [7, 11) is 1.95. The van der Waals surface area contributed by atoms with Gasteiger partial charge in [0, 0.05) is 32.3 Å². The maximum atomic E-state index is 13.1. The number of hydrogen-bond acceptors (Lipinski definition) is 2. The largest absolute Gasteiger partial charge is 0.334 e. The lowest BCUT2D eigenvalue weighted by molar-refractivity contribution is -0.132. The van der Waals surface area contributed by atoms with Gasteiger partial charge in [0.25, 0.3) is 0 Å². The summed E-state index contributed by atoms with van der Waals surface area (Å²) >= 11 is 0. The molecule has 3 rings (SSSR count). The molecule has 0 radical (unpaired) electrons. The highest BCUT2D eigenvalue weighted by Gasteiger charge is 2.17. The molecule has 27 heavy (non-hydrogen) atoms. The molecule has 0 fully saturated rings. The van der Waals surface area contributed by atoms with E-state index in [0.29, 0.717) is 19.5 Å². The molecule has 0 bridgehead atoms. The number of aromatic nitrogens is 2. The number of aryl methyl sites for hydroxylation is 2. The van der Waals surface area contributed by atoms with Gasteiger partial charge in [0.15, 0.2) is 0 Å². The van der Waals surface area contributed by atoms with Crippen LogP contribution in [0.15, 0.2) is 60.7 Å². The molecule has 0 unspecified atom stereocenters. The fraction of sp³-hybridized carbons (Fsp3) is 0.304. The van der Waals surface area contributed by atoms with Crippen molar-refractivity contribution in [2.45, 2.75) is 39.8 Å². The summed E-state index contributed by atoms with van der Waals surface area (Å²) in [6, 6.07) is 20.3. The Labute approximate surface area is 161 Å². The van der Waals surface area contributed by atoms with Crippen molar-refractivity contribution in [2.75, 3.05) is 0 Å². The van der Waals surface area contributed by atoms with Gasteiger partial charge in [-0.15, -0.1) is 0 Å². The van der Waals surface area contributed by atoms with Crippen molar-refractivity contribution < 1.29 is 4.79 Å². The number of hydrogen-bond donors (Lipinski definition) is 0. The second-order valence-corrected chi connectivity index (χ2v) is 6.99. The van der Waals surface area contributed by atoms with Crippen molar-refractivity contribution >= 4 is 5.91 Å². The second kappa shape index (κ2) is 8.67. The van der Waals surface area contributed by atoms with Crippen LogP contribution >= 0.6 is 0 Å². The first-order chi connectivity index (χ1) is 13.0. The third-order valence-electron chi connectivity index (χ3n) is 5.03. The number of nitrogens with zero attached hydrogens (tertiary/aromatic N) is 3. The molecule has 1 heterocycles. The first-order valence-electron chi connectivity index (χ1n) is 9.39. The van der Waals surface area contributed by atoms with Crippen LogP contribution in [0.4, 0.5) is 0 Å². The minimum absolute atomic E-state index is 0.172. The standard InChI is InChI=1S/C23H27N3O/c1-18-22(19(2)25(3)24-18)14-15-23(27)26(16-20-10-6-4-7-11-20)17-21-12-8-5-9-13-21/h4-13H,14-17H2,1-3H3. The number of rotatable bonds is 7. The van der Waals surface area contributed by atoms with E-state index in [9.17, 15) is 4.79 Å². The van der Waals surface area contributed by atoms with Crippen LogP contribution in [0.1, 0.15) is 34.5 Å². The highest BCUT2D eigenvalue weighted by atomic mass is 16.2. The Balaban J connectivity index is 1.73. The van der Waals surface area contributed by atoms with Crippen LogP contribution < -0.4 is 0 Å². The van der Waals surface area contributed by atoms with Gasteiger partial charge in [-0.3, -0.25) is 9.48 Å². The Morgan fingerprint density at radius 2 is 1.44 bits per heavy atom. The fourth-order valence-corrected chi connectivity index (χ4v) is 3.41. The van der Waals surface area contributed by atoms with E-state index in [4.69, 9.17) is 0 Å². The zero-order valence-corrected chi connectivity index (χ0v) is 16.4. The van der Waals surface area contributed by atoms with E-state index in [1.807, 2.05) is 60.0 Å². The monoisotopic (exact) mass is 361 g/mol. The van der Waals surface area contributed by atoms with Crippen molar-refractivity contribution in [3.8, 4) is 0 Å². The van der Waals surface area contributed by atoms with Crippen molar-refractivity contribution in [3.05, 3.63) is 88.7 Å². The quantitative estimate of drug-likeness (QED) is 0.633. The minimum Gasteiger partial charge on any atom is -0.334 e. The van der Waals surface area contributed by atoms with Crippen molar-refractivity contribution in [1.29, 1.82) is 0 Å².